The number of hydrogen-bond acceptors (Lipinski definition) is 2. The minimum absolute atomic E-state index is 0.0167. The molecular formula is C14H21FN2O. The topological polar surface area (TPSA) is 32.3 Å². The maximum absolute atomic E-state index is 12.9. The average molecular weight is 252 g/mol. The van der Waals surface area contributed by atoms with Crippen molar-refractivity contribution in [1.29, 1.82) is 0 Å². The second-order valence-electron chi connectivity index (χ2n) is 4.62. The molecular weight excluding hydrogens is 231 g/mol. The molecule has 0 bridgehead atoms. The van der Waals surface area contributed by atoms with Crippen LogP contribution < -0.4 is 5.32 Å². The van der Waals surface area contributed by atoms with Gasteiger partial charge in [-0.2, -0.15) is 0 Å². The highest BCUT2D eigenvalue weighted by molar-refractivity contribution is 5.76. The van der Waals surface area contributed by atoms with Gasteiger partial charge in [0.15, 0.2) is 0 Å². The van der Waals surface area contributed by atoms with Gasteiger partial charge in [0.1, 0.15) is 5.82 Å². The Morgan fingerprint density at radius 2 is 1.94 bits per heavy atom. The van der Waals surface area contributed by atoms with Gasteiger partial charge in [0.25, 0.3) is 0 Å². The Bertz CT molecular complexity index is 376. The molecule has 0 aromatic heterocycles. The third kappa shape index (κ3) is 4.84. The molecule has 0 fully saturated rings. The Morgan fingerprint density at radius 3 is 2.44 bits per heavy atom. The number of nitrogens with zero attached hydrogens (tertiary/aromatic N) is 1. The minimum Gasteiger partial charge on any atom is -0.349 e. The van der Waals surface area contributed by atoms with Crippen molar-refractivity contribution in [2.24, 2.45) is 0 Å². The van der Waals surface area contributed by atoms with Crippen molar-refractivity contribution in [3.05, 3.63) is 35.6 Å². The van der Waals surface area contributed by atoms with Gasteiger partial charge < -0.3 is 10.2 Å². The zero-order valence-electron chi connectivity index (χ0n) is 11.2. The summed E-state index contributed by atoms with van der Waals surface area (Å²) in [5, 5.41) is 2.97. The van der Waals surface area contributed by atoms with Crippen molar-refractivity contribution in [1.82, 2.24) is 10.2 Å². The molecule has 0 spiro atoms. The number of benzene rings is 1. The summed E-state index contributed by atoms with van der Waals surface area (Å²) < 4.78 is 12.9. The van der Waals surface area contributed by atoms with E-state index in [9.17, 15) is 9.18 Å². The number of carbonyl (C=O) groups excluding carboxylic acids is 1. The summed E-state index contributed by atoms with van der Waals surface area (Å²) in [6.07, 6.45) is 1.27. The summed E-state index contributed by atoms with van der Waals surface area (Å²) in [5.74, 6) is -0.241. The van der Waals surface area contributed by atoms with Crippen LogP contribution >= 0.6 is 0 Å². The highest BCUT2D eigenvalue weighted by Gasteiger charge is 2.13. The van der Waals surface area contributed by atoms with Crippen LogP contribution in [-0.4, -0.2) is 31.4 Å². The normalized spacial score (nSPS) is 12.5. The molecule has 0 heterocycles. The first-order valence-corrected chi connectivity index (χ1v) is 6.22. The van der Waals surface area contributed by atoms with E-state index in [-0.39, 0.29) is 17.8 Å². The van der Waals surface area contributed by atoms with Crippen molar-refractivity contribution < 1.29 is 9.18 Å². The summed E-state index contributed by atoms with van der Waals surface area (Å²) in [7, 11) is 3.98. The lowest BCUT2D eigenvalue weighted by molar-refractivity contribution is -0.121. The molecule has 4 heteroatoms. The van der Waals surface area contributed by atoms with E-state index in [1.807, 2.05) is 21.0 Å². The van der Waals surface area contributed by atoms with Crippen LogP contribution in [0.25, 0.3) is 0 Å². The van der Waals surface area contributed by atoms with E-state index in [4.69, 9.17) is 0 Å². The molecule has 0 radical (unpaired) electrons. The van der Waals surface area contributed by atoms with Crippen LogP contribution in [0.1, 0.15) is 31.4 Å². The summed E-state index contributed by atoms with van der Waals surface area (Å²) in [4.78, 5) is 13.6. The van der Waals surface area contributed by atoms with E-state index in [1.54, 1.807) is 12.1 Å². The Kier molecular flexibility index (Phi) is 5.78. The number of amides is 1. The molecule has 18 heavy (non-hydrogen) atoms. The van der Waals surface area contributed by atoms with Gasteiger partial charge in [0, 0.05) is 6.42 Å². The maximum atomic E-state index is 12.9. The van der Waals surface area contributed by atoms with Gasteiger partial charge in [0.2, 0.25) is 5.91 Å². The van der Waals surface area contributed by atoms with Crippen LogP contribution in [0.2, 0.25) is 0 Å². The van der Waals surface area contributed by atoms with Crippen molar-refractivity contribution in [3.63, 3.8) is 0 Å². The summed E-state index contributed by atoms with van der Waals surface area (Å²) >= 11 is 0. The third-order valence-electron chi connectivity index (χ3n) is 2.79. The highest BCUT2D eigenvalue weighted by Crippen LogP contribution is 2.17. The Balaban J connectivity index is 2.75. The zero-order valence-corrected chi connectivity index (χ0v) is 11.2. The van der Waals surface area contributed by atoms with Crippen molar-refractivity contribution >= 4 is 5.91 Å². The fourth-order valence-corrected chi connectivity index (χ4v) is 1.70. The second-order valence-corrected chi connectivity index (χ2v) is 4.62. The van der Waals surface area contributed by atoms with Gasteiger partial charge in [-0.15, -0.1) is 0 Å². The number of halogens is 1. The van der Waals surface area contributed by atoms with Gasteiger partial charge in [-0.3, -0.25) is 4.79 Å². The van der Waals surface area contributed by atoms with E-state index in [0.29, 0.717) is 6.42 Å². The van der Waals surface area contributed by atoms with Gasteiger partial charge >= 0.3 is 0 Å². The molecule has 0 aliphatic rings. The Morgan fingerprint density at radius 1 is 1.33 bits per heavy atom. The molecule has 0 saturated heterocycles. The monoisotopic (exact) mass is 252 g/mol. The first-order valence-electron chi connectivity index (χ1n) is 6.22. The van der Waals surface area contributed by atoms with Crippen LogP contribution in [0.3, 0.4) is 0 Å². The molecule has 1 amide bonds. The molecule has 1 unspecified atom stereocenters. The van der Waals surface area contributed by atoms with E-state index in [2.05, 4.69) is 10.2 Å². The van der Waals surface area contributed by atoms with Gasteiger partial charge in [-0.1, -0.05) is 19.1 Å². The predicted octanol–water partition coefficient (Wildman–Crippen LogP) is 2.34. The zero-order chi connectivity index (χ0) is 13.5. The fourth-order valence-electron chi connectivity index (χ4n) is 1.70. The Hall–Kier alpha value is -1.42. The average Bonchev–Trinajstić information content (AvgIpc) is 2.35. The molecule has 0 aliphatic heterocycles. The molecule has 0 aliphatic carbocycles. The first kappa shape index (κ1) is 14.6. The molecule has 1 atom stereocenters. The predicted molar refractivity (Wildman–Crippen MR) is 70.7 cm³/mol. The molecule has 1 aromatic rings. The third-order valence-corrected chi connectivity index (χ3v) is 2.79. The number of nitrogens with one attached hydrogen (secondary N) is 1. The van der Waals surface area contributed by atoms with E-state index < -0.39 is 0 Å². The lowest BCUT2D eigenvalue weighted by atomic mass is 10.0. The molecule has 1 aromatic carbocycles. The standard InChI is InChI=1S/C14H21FN2O/c1-4-14(18)16-13(9-10-17(2)3)11-5-7-12(15)8-6-11/h5-8,13H,4,9-10H2,1-3H3,(H,16,18). The van der Waals surface area contributed by atoms with Crippen LogP contribution in [0, 0.1) is 5.82 Å². The summed E-state index contributed by atoms with van der Waals surface area (Å²) in [6.45, 7) is 2.69. The minimum atomic E-state index is -0.257. The van der Waals surface area contributed by atoms with Gasteiger partial charge in [-0.25, -0.2) is 4.39 Å². The fraction of sp³-hybridized carbons (Fsp3) is 0.500. The van der Waals surface area contributed by atoms with Crippen molar-refractivity contribution in [2.45, 2.75) is 25.8 Å². The summed E-state index contributed by atoms with van der Waals surface area (Å²) in [6, 6.07) is 6.25. The number of carbonyl (C=O) groups is 1. The Labute approximate surface area is 108 Å². The van der Waals surface area contributed by atoms with Crippen LogP contribution in [0.4, 0.5) is 4.39 Å². The number of rotatable bonds is 6. The lowest BCUT2D eigenvalue weighted by Gasteiger charge is -2.21. The molecule has 100 valence electrons. The molecule has 0 saturated carbocycles. The maximum Gasteiger partial charge on any atom is 0.220 e. The largest absolute Gasteiger partial charge is 0.349 e. The number of hydrogen-bond donors (Lipinski definition) is 1. The quantitative estimate of drug-likeness (QED) is 0.843. The van der Waals surface area contributed by atoms with Crippen molar-refractivity contribution in [2.75, 3.05) is 20.6 Å². The summed E-state index contributed by atoms with van der Waals surface area (Å²) in [5.41, 5.74) is 0.944. The van der Waals surface area contributed by atoms with Crippen molar-refractivity contribution in [3.8, 4) is 0 Å². The molecule has 3 nitrogen and oxygen atoms in total. The first-order chi connectivity index (χ1) is 8.52. The van der Waals surface area contributed by atoms with E-state index in [0.717, 1.165) is 18.5 Å². The van der Waals surface area contributed by atoms with Crippen LogP contribution in [0.5, 0.6) is 0 Å². The van der Waals surface area contributed by atoms with E-state index in [1.165, 1.54) is 12.1 Å². The lowest BCUT2D eigenvalue weighted by Crippen LogP contribution is -2.30. The van der Waals surface area contributed by atoms with Gasteiger partial charge in [-0.05, 0) is 44.8 Å². The second kappa shape index (κ2) is 7.11. The SMILES string of the molecule is CCC(=O)NC(CCN(C)C)c1ccc(F)cc1. The van der Waals surface area contributed by atoms with E-state index >= 15 is 0 Å². The van der Waals surface area contributed by atoms with Crippen LogP contribution in [-0.2, 0) is 4.79 Å². The molecule has 1 rings (SSSR count). The highest BCUT2D eigenvalue weighted by atomic mass is 19.1. The smallest absolute Gasteiger partial charge is 0.220 e. The van der Waals surface area contributed by atoms with Crippen LogP contribution in [0.15, 0.2) is 24.3 Å². The molecule has 1 N–H and O–H groups in total. The van der Waals surface area contributed by atoms with Gasteiger partial charge in [0.05, 0.1) is 6.04 Å².